The standard InChI is InChI=1S/C24H22N2O3/c1-15-8-6-13-21(16(15)2)28-17(3)23(27)25-19-10-7-9-18(14-19)24-26-20-11-4-5-12-22(20)29-24/h4-14,17H,1-3H3,(H,25,27)/t17-/m1/s1. The molecular weight excluding hydrogens is 364 g/mol. The van der Waals surface area contributed by atoms with E-state index in [-0.39, 0.29) is 5.91 Å². The molecule has 1 N–H and O–H groups in total. The van der Waals surface area contributed by atoms with E-state index in [2.05, 4.69) is 10.3 Å². The van der Waals surface area contributed by atoms with Crippen molar-refractivity contribution in [3.63, 3.8) is 0 Å². The summed E-state index contributed by atoms with van der Waals surface area (Å²) in [4.78, 5) is 17.1. The Balaban J connectivity index is 1.49. The summed E-state index contributed by atoms with van der Waals surface area (Å²) in [6, 6.07) is 20.9. The molecule has 1 amide bonds. The SMILES string of the molecule is Cc1cccc(O[C@H](C)C(=O)Nc2cccc(-c3nc4ccccc4o3)c2)c1C. The van der Waals surface area contributed by atoms with Crippen molar-refractivity contribution < 1.29 is 13.9 Å². The van der Waals surface area contributed by atoms with Gasteiger partial charge in [-0.2, -0.15) is 0 Å². The van der Waals surface area contributed by atoms with Gasteiger partial charge in [-0.05, 0) is 68.3 Å². The smallest absolute Gasteiger partial charge is 0.265 e. The lowest BCUT2D eigenvalue weighted by Crippen LogP contribution is -2.30. The van der Waals surface area contributed by atoms with Crippen molar-refractivity contribution in [2.45, 2.75) is 26.9 Å². The van der Waals surface area contributed by atoms with Gasteiger partial charge in [0.15, 0.2) is 11.7 Å². The molecule has 0 spiro atoms. The highest BCUT2D eigenvalue weighted by atomic mass is 16.5. The molecule has 0 unspecified atom stereocenters. The number of oxazole rings is 1. The molecule has 5 nitrogen and oxygen atoms in total. The third-order valence-corrected chi connectivity index (χ3v) is 4.90. The van der Waals surface area contributed by atoms with Gasteiger partial charge in [0.1, 0.15) is 11.3 Å². The van der Waals surface area contributed by atoms with Crippen LogP contribution in [0.15, 0.2) is 71.1 Å². The van der Waals surface area contributed by atoms with E-state index in [1.165, 1.54) is 0 Å². The number of para-hydroxylation sites is 2. The molecule has 0 saturated carbocycles. The van der Waals surface area contributed by atoms with E-state index in [1.54, 1.807) is 6.92 Å². The van der Waals surface area contributed by atoms with Crippen LogP contribution in [-0.4, -0.2) is 17.0 Å². The molecule has 146 valence electrons. The van der Waals surface area contributed by atoms with Crippen molar-refractivity contribution in [1.82, 2.24) is 4.98 Å². The van der Waals surface area contributed by atoms with Crippen molar-refractivity contribution in [2.75, 3.05) is 5.32 Å². The van der Waals surface area contributed by atoms with E-state index >= 15 is 0 Å². The van der Waals surface area contributed by atoms with Crippen molar-refractivity contribution in [2.24, 2.45) is 0 Å². The Hall–Kier alpha value is -3.60. The quantitative estimate of drug-likeness (QED) is 0.491. The summed E-state index contributed by atoms with van der Waals surface area (Å²) in [5.74, 6) is 1.01. The van der Waals surface area contributed by atoms with Crippen LogP contribution in [0.5, 0.6) is 5.75 Å². The van der Waals surface area contributed by atoms with Gasteiger partial charge in [-0.3, -0.25) is 4.79 Å². The van der Waals surface area contributed by atoms with E-state index in [0.29, 0.717) is 17.3 Å². The second-order valence-corrected chi connectivity index (χ2v) is 7.01. The van der Waals surface area contributed by atoms with Gasteiger partial charge in [-0.15, -0.1) is 0 Å². The molecule has 0 aliphatic rings. The molecule has 4 rings (SSSR count). The van der Waals surface area contributed by atoms with Crippen molar-refractivity contribution in [3.05, 3.63) is 77.9 Å². The average molecular weight is 386 g/mol. The lowest BCUT2D eigenvalue weighted by molar-refractivity contribution is -0.122. The average Bonchev–Trinajstić information content (AvgIpc) is 3.16. The number of aryl methyl sites for hydroxylation is 1. The van der Waals surface area contributed by atoms with Crippen LogP contribution in [0.3, 0.4) is 0 Å². The number of amides is 1. The first-order valence-corrected chi connectivity index (χ1v) is 9.51. The Morgan fingerprint density at radius 1 is 1.03 bits per heavy atom. The first-order chi connectivity index (χ1) is 14.0. The molecule has 1 heterocycles. The van der Waals surface area contributed by atoms with Crippen LogP contribution in [0.1, 0.15) is 18.1 Å². The lowest BCUT2D eigenvalue weighted by Gasteiger charge is -2.17. The number of fused-ring (bicyclic) bond motifs is 1. The highest BCUT2D eigenvalue weighted by molar-refractivity contribution is 5.94. The highest BCUT2D eigenvalue weighted by Crippen LogP contribution is 2.26. The minimum absolute atomic E-state index is 0.222. The van der Waals surface area contributed by atoms with E-state index in [9.17, 15) is 4.79 Å². The van der Waals surface area contributed by atoms with Crippen molar-refractivity contribution >= 4 is 22.7 Å². The third-order valence-electron chi connectivity index (χ3n) is 4.90. The van der Waals surface area contributed by atoms with Crippen LogP contribution in [0, 0.1) is 13.8 Å². The molecule has 0 bridgehead atoms. The molecular formula is C24H22N2O3. The normalized spacial score (nSPS) is 12.0. The second kappa shape index (κ2) is 7.80. The number of anilines is 1. The Bertz CT molecular complexity index is 1150. The zero-order valence-electron chi connectivity index (χ0n) is 16.6. The van der Waals surface area contributed by atoms with E-state index in [4.69, 9.17) is 9.15 Å². The fraction of sp³-hybridized carbons (Fsp3) is 0.167. The lowest BCUT2D eigenvalue weighted by atomic mass is 10.1. The van der Waals surface area contributed by atoms with Crippen molar-refractivity contribution in [3.8, 4) is 17.2 Å². The molecule has 4 aromatic rings. The molecule has 1 atom stereocenters. The van der Waals surface area contributed by atoms with Crippen LogP contribution >= 0.6 is 0 Å². The Morgan fingerprint density at radius 3 is 2.66 bits per heavy atom. The maximum atomic E-state index is 12.6. The molecule has 1 aromatic heterocycles. The molecule has 29 heavy (non-hydrogen) atoms. The molecule has 0 radical (unpaired) electrons. The van der Waals surface area contributed by atoms with Gasteiger partial charge in [0, 0.05) is 11.3 Å². The molecule has 5 heteroatoms. The fourth-order valence-corrected chi connectivity index (χ4v) is 3.07. The number of nitrogens with zero attached hydrogens (tertiary/aromatic N) is 1. The molecule has 3 aromatic carbocycles. The summed E-state index contributed by atoms with van der Waals surface area (Å²) in [5.41, 5.74) is 5.14. The van der Waals surface area contributed by atoms with Crippen LogP contribution < -0.4 is 10.1 Å². The zero-order valence-corrected chi connectivity index (χ0v) is 16.6. The number of hydrogen-bond donors (Lipinski definition) is 1. The van der Waals surface area contributed by atoms with Crippen LogP contribution in [-0.2, 0) is 4.79 Å². The number of ether oxygens (including phenoxy) is 1. The molecule has 0 fully saturated rings. The minimum atomic E-state index is -0.636. The van der Waals surface area contributed by atoms with Gasteiger partial charge in [0.05, 0.1) is 0 Å². The predicted octanol–water partition coefficient (Wildman–Crippen LogP) is 5.52. The van der Waals surface area contributed by atoms with E-state index in [0.717, 1.165) is 27.8 Å². The Labute approximate surface area is 169 Å². The van der Waals surface area contributed by atoms with Gasteiger partial charge in [0.2, 0.25) is 5.89 Å². The van der Waals surface area contributed by atoms with E-state index < -0.39 is 6.10 Å². The maximum Gasteiger partial charge on any atom is 0.265 e. The third kappa shape index (κ3) is 3.99. The van der Waals surface area contributed by atoms with Gasteiger partial charge in [0.25, 0.3) is 5.91 Å². The Morgan fingerprint density at radius 2 is 1.83 bits per heavy atom. The van der Waals surface area contributed by atoms with Crippen LogP contribution in [0.25, 0.3) is 22.6 Å². The van der Waals surface area contributed by atoms with Crippen LogP contribution in [0.2, 0.25) is 0 Å². The number of carbonyl (C=O) groups is 1. The summed E-state index contributed by atoms with van der Waals surface area (Å²) in [6.07, 6.45) is -0.636. The number of carbonyl (C=O) groups excluding carboxylic acids is 1. The molecule has 0 saturated heterocycles. The minimum Gasteiger partial charge on any atom is -0.481 e. The topological polar surface area (TPSA) is 64.4 Å². The van der Waals surface area contributed by atoms with Gasteiger partial charge in [-0.25, -0.2) is 4.98 Å². The highest BCUT2D eigenvalue weighted by Gasteiger charge is 2.17. The van der Waals surface area contributed by atoms with Gasteiger partial charge in [-0.1, -0.05) is 30.3 Å². The summed E-state index contributed by atoms with van der Waals surface area (Å²) < 4.78 is 11.7. The largest absolute Gasteiger partial charge is 0.481 e. The summed E-state index contributed by atoms with van der Waals surface area (Å²) in [7, 11) is 0. The Kier molecular flexibility index (Phi) is 5.04. The number of nitrogens with one attached hydrogen (secondary N) is 1. The van der Waals surface area contributed by atoms with Gasteiger partial charge < -0.3 is 14.5 Å². The number of rotatable bonds is 5. The summed E-state index contributed by atoms with van der Waals surface area (Å²) in [5, 5.41) is 2.91. The zero-order chi connectivity index (χ0) is 20.4. The first kappa shape index (κ1) is 18.7. The van der Waals surface area contributed by atoms with Gasteiger partial charge >= 0.3 is 0 Å². The first-order valence-electron chi connectivity index (χ1n) is 9.51. The number of benzene rings is 3. The fourth-order valence-electron chi connectivity index (χ4n) is 3.07. The molecule has 0 aliphatic carbocycles. The second-order valence-electron chi connectivity index (χ2n) is 7.01. The summed E-state index contributed by atoms with van der Waals surface area (Å²) in [6.45, 7) is 5.74. The monoisotopic (exact) mass is 386 g/mol. The summed E-state index contributed by atoms with van der Waals surface area (Å²) >= 11 is 0. The predicted molar refractivity (Wildman–Crippen MR) is 114 cm³/mol. The van der Waals surface area contributed by atoms with Crippen molar-refractivity contribution in [1.29, 1.82) is 0 Å². The molecule has 0 aliphatic heterocycles. The number of hydrogen-bond acceptors (Lipinski definition) is 4. The maximum absolute atomic E-state index is 12.6. The van der Waals surface area contributed by atoms with Crippen LogP contribution in [0.4, 0.5) is 5.69 Å². The van der Waals surface area contributed by atoms with E-state index in [1.807, 2.05) is 80.6 Å². The number of aromatic nitrogens is 1.